The van der Waals surface area contributed by atoms with Crippen molar-refractivity contribution in [2.24, 2.45) is 17.8 Å². The molecule has 0 aromatic heterocycles. The Hall–Kier alpha value is -0.820. The van der Waals surface area contributed by atoms with Crippen molar-refractivity contribution in [3.05, 3.63) is 35.9 Å². The average Bonchev–Trinajstić information content (AvgIpc) is 3.09. The second kappa shape index (κ2) is 6.38. The van der Waals surface area contributed by atoms with Crippen molar-refractivity contribution in [1.82, 2.24) is 5.32 Å². The Morgan fingerprint density at radius 1 is 1.11 bits per heavy atom. The highest BCUT2D eigenvalue weighted by molar-refractivity contribution is 5.25. The van der Waals surface area contributed by atoms with E-state index in [1.165, 1.54) is 19.4 Å². The minimum atomic E-state index is 0.759. The minimum absolute atomic E-state index is 0.759. The minimum Gasteiger partial charge on any atom is -0.316 e. The van der Waals surface area contributed by atoms with E-state index >= 15 is 0 Å². The van der Waals surface area contributed by atoms with Gasteiger partial charge >= 0.3 is 0 Å². The topological polar surface area (TPSA) is 12.0 Å². The van der Waals surface area contributed by atoms with Gasteiger partial charge in [-0.3, -0.25) is 0 Å². The Kier molecular flexibility index (Phi) is 4.82. The van der Waals surface area contributed by atoms with E-state index in [1.54, 1.807) is 5.56 Å². The highest BCUT2D eigenvalue weighted by Gasteiger charge is 2.38. The van der Waals surface area contributed by atoms with E-state index in [0.29, 0.717) is 0 Å². The van der Waals surface area contributed by atoms with Crippen molar-refractivity contribution in [3.63, 3.8) is 0 Å². The first-order valence-corrected chi connectivity index (χ1v) is 7.42. The first-order valence-electron chi connectivity index (χ1n) is 7.42. The number of hydrogen-bond acceptors (Lipinski definition) is 1. The van der Waals surface area contributed by atoms with Gasteiger partial charge in [-0.2, -0.15) is 0 Å². The van der Waals surface area contributed by atoms with Crippen LogP contribution in [0.1, 0.15) is 45.1 Å². The van der Waals surface area contributed by atoms with E-state index in [2.05, 4.69) is 56.4 Å². The molecule has 1 heteroatoms. The molecule has 1 aliphatic carbocycles. The normalized spacial score (nSPS) is 24.2. The molecular formula is C17H27N. The van der Waals surface area contributed by atoms with Crippen LogP contribution in [0.25, 0.3) is 0 Å². The molecule has 0 radical (unpaired) electrons. The number of benzene rings is 1. The molecule has 0 bridgehead atoms. The van der Waals surface area contributed by atoms with Crippen molar-refractivity contribution < 1.29 is 0 Å². The first-order chi connectivity index (χ1) is 8.66. The number of nitrogens with one attached hydrogen (secondary N) is 1. The third-order valence-electron chi connectivity index (χ3n) is 3.90. The Balaban J connectivity index is 1.67. The molecule has 1 nitrogen and oxygen atoms in total. The van der Waals surface area contributed by atoms with Gasteiger partial charge < -0.3 is 5.32 Å². The Morgan fingerprint density at radius 3 is 2.50 bits per heavy atom. The van der Waals surface area contributed by atoms with Gasteiger partial charge in [0.15, 0.2) is 0 Å². The highest BCUT2D eigenvalue weighted by atomic mass is 14.9. The molecule has 100 valence electrons. The van der Waals surface area contributed by atoms with E-state index in [9.17, 15) is 0 Å². The summed E-state index contributed by atoms with van der Waals surface area (Å²) in [6.45, 7) is 9.25. The molecule has 0 amide bonds. The van der Waals surface area contributed by atoms with Crippen LogP contribution in [-0.4, -0.2) is 13.1 Å². The van der Waals surface area contributed by atoms with E-state index < -0.39 is 0 Å². The fourth-order valence-electron chi connectivity index (χ4n) is 2.84. The van der Waals surface area contributed by atoms with Gasteiger partial charge in [-0.25, -0.2) is 0 Å². The maximum absolute atomic E-state index is 3.57. The zero-order valence-electron chi connectivity index (χ0n) is 12.0. The lowest BCUT2D eigenvalue weighted by Crippen LogP contribution is -2.25. The van der Waals surface area contributed by atoms with Crippen molar-refractivity contribution in [2.75, 3.05) is 13.1 Å². The number of rotatable bonds is 7. The van der Waals surface area contributed by atoms with Gasteiger partial charge in [0.1, 0.15) is 0 Å². The average molecular weight is 245 g/mol. The summed E-state index contributed by atoms with van der Waals surface area (Å²) >= 11 is 0. The van der Waals surface area contributed by atoms with E-state index in [-0.39, 0.29) is 0 Å². The zero-order chi connectivity index (χ0) is 13.0. The largest absolute Gasteiger partial charge is 0.316 e. The van der Waals surface area contributed by atoms with Crippen LogP contribution in [0.3, 0.4) is 0 Å². The van der Waals surface area contributed by atoms with Crippen LogP contribution in [0.4, 0.5) is 0 Å². The number of hydrogen-bond donors (Lipinski definition) is 1. The van der Waals surface area contributed by atoms with Crippen LogP contribution in [0.2, 0.25) is 0 Å². The summed E-state index contributed by atoms with van der Waals surface area (Å²) in [6, 6.07) is 11.0. The van der Waals surface area contributed by atoms with Crippen LogP contribution in [0, 0.1) is 17.8 Å². The molecule has 3 atom stereocenters. The van der Waals surface area contributed by atoms with Crippen molar-refractivity contribution in [2.45, 2.75) is 39.5 Å². The molecule has 18 heavy (non-hydrogen) atoms. The summed E-state index contributed by atoms with van der Waals surface area (Å²) < 4.78 is 0. The lowest BCUT2D eigenvalue weighted by Gasteiger charge is -2.13. The quantitative estimate of drug-likeness (QED) is 0.764. The molecular weight excluding hydrogens is 218 g/mol. The monoisotopic (exact) mass is 245 g/mol. The zero-order valence-corrected chi connectivity index (χ0v) is 12.0. The van der Waals surface area contributed by atoms with E-state index in [0.717, 1.165) is 30.2 Å². The van der Waals surface area contributed by atoms with E-state index in [4.69, 9.17) is 0 Å². The van der Waals surface area contributed by atoms with Gasteiger partial charge in [0.25, 0.3) is 0 Å². The molecule has 1 aliphatic rings. The fraction of sp³-hybridized carbons (Fsp3) is 0.647. The second-order valence-electron chi connectivity index (χ2n) is 6.41. The Labute approximate surface area is 112 Å². The standard InChI is InChI=1S/C17H27N/c1-13(2)11-18-12-14(3)9-16-10-17(16)15-7-5-4-6-8-15/h4-8,13-14,16-18H,9-12H2,1-3H3. The van der Waals surface area contributed by atoms with Crippen LogP contribution >= 0.6 is 0 Å². The maximum atomic E-state index is 3.57. The van der Waals surface area contributed by atoms with Gasteiger partial charge in [-0.15, -0.1) is 0 Å². The van der Waals surface area contributed by atoms with Crippen molar-refractivity contribution in [1.29, 1.82) is 0 Å². The van der Waals surface area contributed by atoms with Crippen LogP contribution < -0.4 is 5.32 Å². The molecule has 1 saturated carbocycles. The third-order valence-corrected chi connectivity index (χ3v) is 3.90. The molecule has 3 unspecified atom stereocenters. The molecule has 1 N–H and O–H groups in total. The SMILES string of the molecule is CC(C)CNCC(C)CC1CC1c1ccccc1. The van der Waals surface area contributed by atoms with Crippen LogP contribution in [-0.2, 0) is 0 Å². The van der Waals surface area contributed by atoms with Gasteiger partial charge in [-0.05, 0) is 55.2 Å². The Morgan fingerprint density at radius 2 is 1.83 bits per heavy atom. The lowest BCUT2D eigenvalue weighted by atomic mass is 10.0. The predicted molar refractivity (Wildman–Crippen MR) is 78.8 cm³/mol. The third kappa shape index (κ3) is 4.13. The summed E-state index contributed by atoms with van der Waals surface area (Å²) in [5, 5.41) is 3.57. The van der Waals surface area contributed by atoms with Gasteiger partial charge in [0, 0.05) is 0 Å². The predicted octanol–water partition coefficient (Wildman–Crippen LogP) is 4.06. The lowest BCUT2D eigenvalue weighted by molar-refractivity contribution is 0.433. The smallest absolute Gasteiger partial charge is 0.00229 e. The fourth-order valence-corrected chi connectivity index (χ4v) is 2.84. The first kappa shape index (κ1) is 13.6. The van der Waals surface area contributed by atoms with Gasteiger partial charge in [0.2, 0.25) is 0 Å². The van der Waals surface area contributed by atoms with Crippen molar-refractivity contribution >= 4 is 0 Å². The van der Waals surface area contributed by atoms with Gasteiger partial charge in [0.05, 0.1) is 0 Å². The molecule has 0 spiro atoms. The van der Waals surface area contributed by atoms with Crippen LogP contribution in [0.15, 0.2) is 30.3 Å². The summed E-state index contributed by atoms with van der Waals surface area (Å²) in [5.74, 6) is 3.35. The van der Waals surface area contributed by atoms with Crippen molar-refractivity contribution in [3.8, 4) is 0 Å². The summed E-state index contributed by atoms with van der Waals surface area (Å²) in [4.78, 5) is 0. The highest BCUT2D eigenvalue weighted by Crippen LogP contribution is 2.50. The Bertz CT molecular complexity index is 344. The van der Waals surface area contributed by atoms with E-state index in [1.807, 2.05) is 0 Å². The molecule has 0 heterocycles. The molecule has 1 aromatic carbocycles. The maximum Gasteiger partial charge on any atom is -0.00229 e. The summed E-state index contributed by atoms with van der Waals surface area (Å²) in [6.07, 6.45) is 2.78. The molecule has 0 saturated heterocycles. The van der Waals surface area contributed by atoms with Crippen LogP contribution in [0.5, 0.6) is 0 Å². The summed E-state index contributed by atoms with van der Waals surface area (Å²) in [7, 11) is 0. The molecule has 1 aromatic rings. The summed E-state index contributed by atoms with van der Waals surface area (Å²) in [5.41, 5.74) is 1.55. The second-order valence-corrected chi connectivity index (χ2v) is 6.41. The van der Waals surface area contributed by atoms with Gasteiger partial charge in [-0.1, -0.05) is 51.1 Å². The molecule has 1 fully saturated rings. The molecule has 2 rings (SSSR count). The molecule has 0 aliphatic heterocycles.